The molecule has 0 spiro atoms. The number of carbonyl (C=O) groups is 1. The molecule has 0 N–H and O–H groups in total. The van der Waals surface area contributed by atoms with Gasteiger partial charge < -0.3 is 9.32 Å². The summed E-state index contributed by atoms with van der Waals surface area (Å²) in [6.45, 7) is 1.97. The minimum atomic E-state index is -0.140. The monoisotopic (exact) mass is 215 g/mol. The standard InChI is InChI=1S/C13H13NO2/c1-10-6-3-4-7-11(10)14(2)13(15)12-8-5-9-16-12/h3-9H,1-2H3. The van der Waals surface area contributed by atoms with Gasteiger partial charge in [0.05, 0.1) is 6.26 Å². The number of carbonyl (C=O) groups excluding carboxylic acids is 1. The van der Waals surface area contributed by atoms with Gasteiger partial charge in [0.1, 0.15) is 0 Å². The van der Waals surface area contributed by atoms with E-state index in [2.05, 4.69) is 0 Å². The summed E-state index contributed by atoms with van der Waals surface area (Å²) in [4.78, 5) is 13.6. The molecule has 2 rings (SSSR count). The molecule has 0 saturated carbocycles. The van der Waals surface area contributed by atoms with E-state index < -0.39 is 0 Å². The molecule has 2 aromatic rings. The lowest BCUT2D eigenvalue weighted by Gasteiger charge is -2.17. The number of para-hydroxylation sites is 1. The molecule has 0 unspecified atom stereocenters. The number of hydrogen-bond donors (Lipinski definition) is 0. The number of rotatable bonds is 2. The zero-order valence-corrected chi connectivity index (χ0v) is 9.31. The van der Waals surface area contributed by atoms with E-state index in [0.717, 1.165) is 11.3 Å². The predicted molar refractivity (Wildman–Crippen MR) is 62.6 cm³/mol. The Kier molecular flexibility index (Phi) is 2.77. The van der Waals surface area contributed by atoms with Crippen molar-refractivity contribution in [3.05, 3.63) is 54.0 Å². The number of aryl methyl sites for hydroxylation is 1. The molecule has 3 nitrogen and oxygen atoms in total. The molecule has 3 heteroatoms. The maximum atomic E-state index is 12.0. The first-order valence-electron chi connectivity index (χ1n) is 5.07. The third-order valence-electron chi connectivity index (χ3n) is 2.51. The van der Waals surface area contributed by atoms with Gasteiger partial charge in [-0.1, -0.05) is 18.2 Å². The van der Waals surface area contributed by atoms with Crippen molar-refractivity contribution >= 4 is 11.6 Å². The molecule has 1 aromatic heterocycles. The second kappa shape index (κ2) is 4.23. The second-order valence-electron chi connectivity index (χ2n) is 3.63. The number of benzene rings is 1. The fourth-order valence-electron chi connectivity index (χ4n) is 1.61. The van der Waals surface area contributed by atoms with Gasteiger partial charge in [-0.3, -0.25) is 4.79 Å². The summed E-state index contributed by atoms with van der Waals surface area (Å²) in [5.41, 5.74) is 1.95. The van der Waals surface area contributed by atoms with Gasteiger partial charge in [0.15, 0.2) is 5.76 Å². The molecule has 0 aliphatic carbocycles. The molecule has 0 bridgehead atoms. The quantitative estimate of drug-likeness (QED) is 0.771. The summed E-state index contributed by atoms with van der Waals surface area (Å²) in [5, 5.41) is 0. The average Bonchev–Trinajstić information content (AvgIpc) is 2.81. The van der Waals surface area contributed by atoms with E-state index in [1.807, 2.05) is 31.2 Å². The van der Waals surface area contributed by atoms with Crippen LogP contribution in [0.25, 0.3) is 0 Å². The SMILES string of the molecule is Cc1ccccc1N(C)C(=O)c1ccco1. The highest BCUT2D eigenvalue weighted by Crippen LogP contribution is 2.19. The first-order valence-corrected chi connectivity index (χ1v) is 5.07. The molecule has 0 saturated heterocycles. The first-order chi connectivity index (χ1) is 7.70. The van der Waals surface area contributed by atoms with E-state index in [9.17, 15) is 4.79 Å². The minimum Gasteiger partial charge on any atom is -0.459 e. The van der Waals surface area contributed by atoms with Crippen molar-refractivity contribution < 1.29 is 9.21 Å². The number of hydrogen-bond acceptors (Lipinski definition) is 2. The summed E-state index contributed by atoms with van der Waals surface area (Å²) in [5.74, 6) is 0.213. The van der Waals surface area contributed by atoms with Gasteiger partial charge in [-0.15, -0.1) is 0 Å². The molecule has 0 aliphatic rings. The zero-order valence-electron chi connectivity index (χ0n) is 9.31. The van der Waals surface area contributed by atoms with Crippen molar-refractivity contribution in [2.75, 3.05) is 11.9 Å². The Morgan fingerprint density at radius 1 is 1.19 bits per heavy atom. The Bertz CT molecular complexity index is 488. The Morgan fingerprint density at radius 3 is 2.56 bits per heavy atom. The molecule has 0 atom stereocenters. The van der Waals surface area contributed by atoms with Crippen LogP contribution >= 0.6 is 0 Å². The molecule has 0 fully saturated rings. The van der Waals surface area contributed by atoms with Crippen LogP contribution in [0.15, 0.2) is 47.1 Å². The van der Waals surface area contributed by atoms with Crippen LogP contribution in [-0.4, -0.2) is 13.0 Å². The van der Waals surface area contributed by atoms with Gasteiger partial charge in [-0.2, -0.15) is 0 Å². The van der Waals surface area contributed by atoms with Crippen LogP contribution in [0.1, 0.15) is 16.1 Å². The molecule has 0 aliphatic heterocycles. The third kappa shape index (κ3) is 1.84. The number of anilines is 1. The topological polar surface area (TPSA) is 33.5 Å². The summed E-state index contributed by atoms with van der Waals surface area (Å²) in [6, 6.07) is 11.1. The Labute approximate surface area is 94.3 Å². The second-order valence-corrected chi connectivity index (χ2v) is 3.63. The Balaban J connectivity index is 2.30. The van der Waals surface area contributed by atoms with Crippen molar-refractivity contribution in [2.24, 2.45) is 0 Å². The van der Waals surface area contributed by atoms with Crippen LogP contribution in [0.2, 0.25) is 0 Å². The van der Waals surface area contributed by atoms with Crippen LogP contribution in [0.5, 0.6) is 0 Å². The van der Waals surface area contributed by atoms with E-state index in [-0.39, 0.29) is 5.91 Å². The van der Waals surface area contributed by atoms with Gasteiger partial charge in [-0.05, 0) is 30.7 Å². The van der Waals surface area contributed by atoms with E-state index >= 15 is 0 Å². The molecular weight excluding hydrogens is 202 g/mol. The normalized spacial score (nSPS) is 10.1. The smallest absolute Gasteiger partial charge is 0.293 e. The third-order valence-corrected chi connectivity index (χ3v) is 2.51. The van der Waals surface area contributed by atoms with Crippen LogP contribution in [-0.2, 0) is 0 Å². The maximum Gasteiger partial charge on any atom is 0.293 e. The van der Waals surface area contributed by atoms with Crippen molar-refractivity contribution in [1.82, 2.24) is 0 Å². The highest BCUT2D eigenvalue weighted by molar-refractivity contribution is 6.04. The lowest BCUT2D eigenvalue weighted by Crippen LogP contribution is -2.26. The van der Waals surface area contributed by atoms with E-state index in [1.54, 1.807) is 24.1 Å². The molecule has 1 heterocycles. The van der Waals surface area contributed by atoms with Gasteiger partial charge in [0, 0.05) is 12.7 Å². The zero-order chi connectivity index (χ0) is 11.5. The van der Waals surface area contributed by atoms with E-state index in [1.165, 1.54) is 6.26 Å². The van der Waals surface area contributed by atoms with Gasteiger partial charge in [0.2, 0.25) is 0 Å². The first kappa shape index (κ1) is 10.5. The lowest BCUT2D eigenvalue weighted by molar-refractivity contribution is 0.0966. The van der Waals surface area contributed by atoms with E-state index in [0.29, 0.717) is 5.76 Å². The molecule has 82 valence electrons. The summed E-state index contributed by atoms with van der Waals surface area (Å²) in [6.07, 6.45) is 1.50. The van der Waals surface area contributed by atoms with Crippen molar-refractivity contribution in [3.63, 3.8) is 0 Å². The van der Waals surface area contributed by atoms with Gasteiger partial charge in [0.25, 0.3) is 5.91 Å². The number of amides is 1. The van der Waals surface area contributed by atoms with Crippen LogP contribution < -0.4 is 4.90 Å². The molecule has 1 aromatic carbocycles. The van der Waals surface area contributed by atoms with Crippen LogP contribution in [0.3, 0.4) is 0 Å². The minimum absolute atomic E-state index is 0.140. The molecular formula is C13H13NO2. The largest absolute Gasteiger partial charge is 0.459 e. The predicted octanol–water partition coefficient (Wildman–Crippen LogP) is 2.86. The van der Waals surface area contributed by atoms with Crippen molar-refractivity contribution in [2.45, 2.75) is 6.92 Å². The van der Waals surface area contributed by atoms with Gasteiger partial charge in [-0.25, -0.2) is 0 Å². The van der Waals surface area contributed by atoms with Crippen LogP contribution in [0.4, 0.5) is 5.69 Å². The highest BCUT2D eigenvalue weighted by Gasteiger charge is 2.16. The fourth-order valence-corrected chi connectivity index (χ4v) is 1.61. The van der Waals surface area contributed by atoms with Crippen molar-refractivity contribution in [3.8, 4) is 0 Å². The van der Waals surface area contributed by atoms with Crippen molar-refractivity contribution in [1.29, 1.82) is 0 Å². The molecule has 0 radical (unpaired) electrons. The average molecular weight is 215 g/mol. The summed E-state index contributed by atoms with van der Waals surface area (Å²) < 4.78 is 5.09. The van der Waals surface area contributed by atoms with Gasteiger partial charge >= 0.3 is 0 Å². The molecule has 1 amide bonds. The lowest BCUT2D eigenvalue weighted by atomic mass is 10.2. The van der Waals surface area contributed by atoms with E-state index in [4.69, 9.17) is 4.42 Å². The number of furan rings is 1. The molecule has 16 heavy (non-hydrogen) atoms. The summed E-state index contributed by atoms with van der Waals surface area (Å²) >= 11 is 0. The highest BCUT2D eigenvalue weighted by atomic mass is 16.3. The fraction of sp³-hybridized carbons (Fsp3) is 0.154. The van der Waals surface area contributed by atoms with Crippen LogP contribution in [0, 0.1) is 6.92 Å². The summed E-state index contributed by atoms with van der Waals surface area (Å²) in [7, 11) is 1.74. The Hall–Kier alpha value is -2.03. The number of nitrogens with zero attached hydrogens (tertiary/aromatic N) is 1. The Morgan fingerprint density at radius 2 is 1.94 bits per heavy atom. The maximum absolute atomic E-state index is 12.0.